The normalized spacial score (nSPS) is 21.5. The summed E-state index contributed by atoms with van der Waals surface area (Å²) >= 11 is 0. The second-order valence-corrected chi connectivity index (χ2v) is 6.45. The Hall–Kier alpha value is -2.64. The van der Waals surface area contributed by atoms with Crippen LogP contribution in [0.4, 0.5) is 11.4 Å². The minimum atomic E-state index is -0.966. The Balaban J connectivity index is 2.10. The van der Waals surface area contributed by atoms with E-state index in [2.05, 4.69) is 0 Å². The number of carbonyl (C=O) groups excluding carboxylic acids is 2. The van der Waals surface area contributed by atoms with Crippen molar-refractivity contribution >= 4 is 23.3 Å². The molecule has 136 valence electrons. The Labute approximate surface area is 146 Å². The molecule has 2 rings (SSSR count). The van der Waals surface area contributed by atoms with E-state index in [0.29, 0.717) is 0 Å². The second kappa shape index (κ2) is 7.50. The maximum absolute atomic E-state index is 12.6. The molecular weight excluding hydrogens is 326 g/mol. The van der Waals surface area contributed by atoms with Gasteiger partial charge in [-0.1, -0.05) is 0 Å². The second-order valence-electron chi connectivity index (χ2n) is 6.45. The van der Waals surface area contributed by atoms with Crippen molar-refractivity contribution in [3.05, 3.63) is 33.9 Å². The number of esters is 1. The molecule has 1 heterocycles. The van der Waals surface area contributed by atoms with Gasteiger partial charge in [0.15, 0.2) is 6.10 Å². The van der Waals surface area contributed by atoms with Crippen LogP contribution in [-0.2, 0) is 9.53 Å². The highest BCUT2D eigenvalue weighted by Gasteiger charge is 2.33. The minimum Gasteiger partial charge on any atom is -0.449 e. The van der Waals surface area contributed by atoms with Gasteiger partial charge in [0.2, 0.25) is 0 Å². The third-order valence-corrected chi connectivity index (χ3v) is 4.54. The van der Waals surface area contributed by atoms with E-state index >= 15 is 0 Å². The van der Waals surface area contributed by atoms with Gasteiger partial charge < -0.3 is 15.4 Å². The van der Waals surface area contributed by atoms with Gasteiger partial charge in [-0.05, 0) is 52.2 Å². The summed E-state index contributed by atoms with van der Waals surface area (Å²) < 4.78 is 5.23. The number of likely N-dealkylation sites (tertiary alicyclic amines) is 1. The van der Waals surface area contributed by atoms with Crippen molar-refractivity contribution in [3.63, 3.8) is 0 Å². The number of nitrogens with zero attached hydrogens (tertiary/aromatic N) is 2. The lowest BCUT2D eigenvalue weighted by molar-refractivity contribution is -0.383. The van der Waals surface area contributed by atoms with E-state index in [1.807, 2.05) is 13.8 Å². The SMILES string of the molecule is C[C@@H]1CCC[C@@H](C)N1C(=O)[C@@H](C)OC(=O)c1ccc(N)c([N+](=O)[O-])c1. The predicted octanol–water partition coefficient (Wildman–Crippen LogP) is 2.51. The molecule has 8 nitrogen and oxygen atoms in total. The Morgan fingerprint density at radius 1 is 1.32 bits per heavy atom. The predicted molar refractivity (Wildman–Crippen MR) is 92.0 cm³/mol. The molecule has 1 amide bonds. The van der Waals surface area contributed by atoms with Crippen molar-refractivity contribution in [2.45, 2.75) is 58.2 Å². The molecule has 0 radical (unpaired) electrons. The van der Waals surface area contributed by atoms with Gasteiger partial charge in [0.25, 0.3) is 11.6 Å². The van der Waals surface area contributed by atoms with Gasteiger partial charge in [-0.15, -0.1) is 0 Å². The number of hydrogen-bond donors (Lipinski definition) is 1. The summed E-state index contributed by atoms with van der Waals surface area (Å²) in [6.45, 7) is 5.47. The summed E-state index contributed by atoms with van der Waals surface area (Å²) in [5.41, 5.74) is 5.09. The number of hydrogen-bond acceptors (Lipinski definition) is 6. The van der Waals surface area contributed by atoms with Crippen LogP contribution in [0.25, 0.3) is 0 Å². The molecule has 1 aromatic carbocycles. The summed E-state index contributed by atoms with van der Waals surface area (Å²) in [4.78, 5) is 36.9. The Kier molecular flexibility index (Phi) is 5.61. The molecule has 8 heteroatoms. The number of anilines is 1. The molecule has 0 saturated carbocycles. The van der Waals surface area contributed by atoms with Crippen LogP contribution in [-0.4, -0.2) is 39.9 Å². The van der Waals surface area contributed by atoms with Crippen LogP contribution < -0.4 is 5.73 Å². The molecule has 3 atom stereocenters. The summed E-state index contributed by atoms with van der Waals surface area (Å²) in [5, 5.41) is 10.9. The highest BCUT2D eigenvalue weighted by Crippen LogP contribution is 2.25. The fourth-order valence-electron chi connectivity index (χ4n) is 3.17. The standard InChI is InChI=1S/C17H23N3O5/c1-10-5-4-6-11(2)19(10)16(21)12(3)25-17(22)13-7-8-14(18)15(9-13)20(23)24/h7-12H,4-6,18H2,1-3H3/t10-,11-,12-/m1/s1. The van der Waals surface area contributed by atoms with Crippen molar-refractivity contribution in [3.8, 4) is 0 Å². The average molecular weight is 349 g/mol. The fraction of sp³-hybridized carbons (Fsp3) is 0.529. The van der Waals surface area contributed by atoms with E-state index in [1.54, 1.807) is 4.90 Å². The van der Waals surface area contributed by atoms with Crippen LogP contribution in [0, 0.1) is 10.1 Å². The molecule has 1 fully saturated rings. The van der Waals surface area contributed by atoms with E-state index in [9.17, 15) is 19.7 Å². The third-order valence-electron chi connectivity index (χ3n) is 4.54. The lowest BCUT2D eigenvalue weighted by atomic mass is 9.97. The molecular formula is C17H23N3O5. The molecule has 25 heavy (non-hydrogen) atoms. The molecule has 0 bridgehead atoms. The Morgan fingerprint density at radius 2 is 1.92 bits per heavy atom. The number of piperidine rings is 1. The smallest absolute Gasteiger partial charge is 0.339 e. The quantitative estimate of drug-likeness (QED) is 0.386. The maximum Gasteiger partial charge on any atom is 0.339 e. The first-order chi connectivity index (χ1) is 11.7. The number of nitrogen functional groups attached to an aromatic ring is 1. The highest BCUT2D eigenvalue weighted by atomic mass is 16.6. The third kappa shape index (κ3) is 4.07. The Morgan fingerprint density at radius 3 is 2.48 bits per heavy atom. The maximum atomic E-state index is 12.6. The van der Waals surface area contributed by atoms with Crippen molar-refractivity contribution in [2.75, 3.05) is 5.73 Å². The molecule has 1 aliphatic rings. The number of carbonyl (C=O) groups is 2. The van der Waals surface area contributed by atoms with Crippen LogP contribution >= 0.6 is 0 Å². The van der Waals surface area contributed by atoms with Gasteiger partial charge in [-0.2, -0.15) is 0 Å². The zero-order chi connectivity index (χ0) is 18.7. The van der Waals surface area contributed by atoms with E-state index in [-0.39, 0.29) is 34.9 Å². The largest absolute Gasteiger partial charge is 0.449 e. The first-order valence-corrected chi connectivity index (χ1v) is 8.29. The first kappa shape index (κ1) is 18.7. The fourth-order valence-corrected chi connectivity index (χ4v) is 3.17. The van der Waals surface area contributed by atoms with Crippen LogP contribution in [0.15, 0.2) is 18.2 Å². The summed E-state index contributed by atoms with van der Waals surface area (Å²) in [6, 6.07) is 3.86. The number of nitro benzene ring substituents is 1. The van der Waals surface area contributed by atoms with Crippen LogP contribution in [0.5, 0.6) is 0 Å². The van der Waals surface area contributed by atoms with Gasteiger partial charge in [0.1, 0.15) is 5.69 Å². The van der Waals surface area contributed by atoms with Gasteiger partial charge in [0.05, 0.1) is 10.5 Å². The lowest BCUT2D eigenvalue weighted by Crippen LogP contribution is -2.51. The van der Waals surface area contributed by atoms with E-state index in [1.165, 1.54) is 19.1 Å². The van der Waals surface area contributed by atoms with Crippen LogP contribution in [0.1, 0.15) is 50.4 Å². The van der Waals surface area contributed by atoms with Gasteiger partial charge in [-0.25, -0.2) is 4.79 Å². The van der Waals surface area contributed by atoms with Gasteiger partial charge in [0, 0.05) is 18.2 Å². The molecule has 0 aliphatic carbocycles. The summed E-state index contributed by atoms with van der Waals surface area (Å²) in [6.07, 6.45) is 1.93. The van der Waals surface area contributed by atoms with E-state index < -0.39 is 17.0 Å². The molecule has 2 N–H and O–H groups in total. The summed E-state index contributed by atoms with van der Waals surface area (Å²) in [5.74, 6) is -1.04. The topological polar surface area (TPSA) is 116 Å². The van der Waals surface area contributed by atoms with Crippen molar-refractivity contribution in [1.29, 1.82) is 0 Å². The van der Waals surface area contributed by atoms with Crippen molar-refractivity contribution < 1.29 is 19.2 Å². The Bertz CT molecular complexity index is 681. The zero-order valence-electron chi connectivity index (χ0n) is 14.6. The highest BCUT2D eigenvalue weighted by molar-refractivity contribution is 5.93. The number of nitro groups is 1. The number of benzene rings is 1. The van der Waals surface area contributed by atoms with Crippen LogP contribution in [0.3, 0.4) is 0 Å². The average Bonchev–Trinajstić information content (AvgIpc) is 2.54. The lowest BCUT2D eigenvalue weighted by Gasteiger charge is -2.40. The molecule has 1 aromatic rings. The van der Waals surface area contributed by atoms with Crippen molar-refractivity contribution in [2.24, 2.45) is 0 Å². The number of ether oxygens (including phenoxy) is 1. The number of rotatable bonds is 4. The number of nitrogens with two attached hydrogens (primary N) is 1. The van der Waals surface area contributed by atoms with Gasteiger partial charge in [-0.3, -0.25) is 14.9 Å². The van der Waals surface area contributed by atoms with E-state index in [0.717, 1.165) is 25.3 Å². The molecule has 0 aromatic heterocycles. The summed E-state index contributed by atoms with van der Waals surface area (Å²) in [7, 11) is 0. The van der Waals surface area contributed by atoms with E-state index in [4.69, 9.17) is 10.5 Å². The molecule has 1 aliphatic heterocycles. The zero-order valence-corrected chi connectivity index (χ0v) is 14.6. The number of amides is 1. The van der Waals surface area contributed by atoms with Crippen molar-refractivity contribution in [1.82, 2.24) is 4.90 Å². The monoisotopic (exact) mass is 349 g/mol. The molecule has 1 saturated heterocycles. The molecule has 0 spiro atoms. The van der Waals surface area contributed by atoms with Crippen LogP contribution in [0.2, 0.25) is 0 Å². The first-order valence-electron chi connectivity index (χ1n) is 8.29. The molecule has 0 unspecified atom stereocenters. The van der Waals surface area contributed by atoms with Gasteiger partial charge >= 0.3 is 5.97 Å². The minimum absolute atomic E-state index is 0.0136.